The van der Waals surface area contributed by atoms with Crippen LogP contribution in [0.1, 0.15) is 32.3 Å². The summed E-state index contributed by atoms with van der Waals surface area (Å²) in [4.78, 5) is 2.31. The smallest absolute Gasteiger partial charge is 0.126 e. The largest absolute Gasteiger partial charge is 0.305 e. The Balaban J connectivity index is 2.34. The molecule has 1 nitrogen and oxygen atoms in total. The Kier molecular flexibility index (Phi) is 3.26. The summed E-state index contributed by atoms with van der Waals surface area (Å²) in [6.07, 6.45) is 0. The van der Waals surface area contributed by atoms with E-state index in [0.717, 1.165) is 18.7 Å². The summed E-state index contributed by atoms with van der Waals surface area (Å²) in [5.74, 6) is 0.785. The number of hydrogen-bond acceptors (Lipinski definition) is 1. The maximum atomic E-state index is 13.9. The van der Waals surface area contributed by atoms with Crippen LogP contribution in [-0.4, -0.2) is 25.0 Å². The Hall–Kier alpha value is -0.890. The molecule has 17 heavy (non-hydrogen) atoms. The van der Waals surface area contributed by atoms with Crippen molar-refractivity contribution in [3.63, 3.8) is 0 Å². The number of nitrogens with zero attached hydrogens (tertiary/aromatic N) is 1. The van der Waals surface area contributed by atoms with Crippen LogP contribution < -0.4 is 0 Å². The molecule has 1 heterocycles. The first-order chi connectivity index (χ1) is 7.89. The molecule has 0 bridgehead atoms. The van der Waals surface area contributed by atoms with Crippen LogP contribution in [0.25, 0.3) is 0 Å². The van der Waals surface area contributed by atoms with Gasteiger partial charge in [-0.05, 0) is 30.0 Å². The molecule has 1 aromatic rings. The van der Waals surface area contributed by atoms with Crippen LogP contribution in [0, 0.1) is 17.2 Å². The van der Waals surface area contributed by atoms with Crippen molar-refractivity contribution in [1.29, 1.82) is 0 Å². The molecule has 0 spiro atoms. The van der Waals surface area contributed by atoms with Gasteiger partial charge in [-0.25, -0.2) is 4.39 Å². The standard InChI is InChI=1S/C15H22FN/c1-15(2,3)13-10-17(4)9-12(13)11-7-5-6-8-14(11)16/h5-8,12-13H,9-10H2,1-4H3/t12-,13+/m0/s1. The fourth-order valence-electron chi connectivity index (χ4n) is 2.97. The highest BCUT2D eigenvalue weighted by atomic mass is 19.1. The van der Waals surface area contributed by atoms with Gasteiger partial charge in [0, 0.05) is 19.0 Å². The number of likely N-dealkylation sites (N-methyl/N-ethyl adjacent to an activating group) is 1. The average molecular weight is 235 g/mol. The van der Waals surface area contributed by atoms with Crippen LogP contribution in [0.15, 0.2) is 24.3 Å². The van der Waals surface area contributed by atoms with Crippen molar-refractivity contribution in [2.24, 2.45) is 11.3 Å². The van der Waals surface area contributed by atoms with E-state index in [-0.39, 0.29) is 11.2 Å². The summed E-state index contributed by atoms with van der Waals surface area (Å²) in [5, 5.41) is 0. The van der Waals surface area contributed by atoms with Gasteiger partial charge < -0.3 is 4.90 Å². The van der Waals surface area contributed by atoms with Gasteiger partial charge in [0.1, 0.15) is 5.82 Å². The minimum atomic E-state index is -0.0537. The highest BCUT2D eigenvalue weighted by Gasteiger charge is 2.40. The molecule has 1 saturated heterocycles. The molecule has 0 unspecified atom stereocenters. The molecule has 1 fully saturated rings. The molecule has 94 valence electrons. The lowest BCUT2D eigenvalue weighted by molar-refractivity contribution is 0.225. The molecule has 0 amide bonds. The molecule has 0 radical (unpaired) electrons. The van der Waals surface area contributed by atoms with Crippen molar-refractivity contribution < 1.29 is 4.39 Å². The number of halogens is 1. The molecule has 1 aliphatic heterocycles. The lowest BCUT2D eigenvalue weighted by Crippen LogP contribution is -2.27. The normalized spacial score (nSPS) is 26.4. The van der Waals surface area contributed by atoms with E-state index in [2.05, 4.69) is 32.7 Å². The number of likely N-dealkylation sites (tertiary alicyclic amines) is 1. The topological polar surface area (TPSA) is 3.24 Å². The monoisotopic (exact) mass is 235 g/mol. The minimum absolute atomic E-state index is 0.0537. The second-order valence-electron chi connectivity index (χ2n) is 6.32. The molecule has 0 aromatic heterocycles. The third-order valence-corrected chi connectivity index (χ3v) is 3.92. The molecule has 2 heteroatoms. The van der Waals surface area contributed by atoms with Gasteiger partial charge in [0.15, 0.2) is 0 Å². The maximum Gasteiger partial charge on any atom is 0.126 e. The van der Waals surface area contributed by atoms with Crippen molar-refractivity contribution in [2.75, 3.05) is 20.1 Å². The molecule has 2 atom stereocenters. The third kappa shape index (κ3) is 2.52. The Morgan fingerprint density at radius 3 is 2.41 bits per heavy atom. The van der Waals surface area contributed by atoms with E-state index in [1.54, 1.807) is 12.1 Å². The summed E-state index contributed by atoms with van der Waals surface area (Å²) >= 11 is 0. The van der Waals surface area contributed by atoms with Crippen molar-refractivity contribution in [1.82, 2.24) is 4.90 Å². The summed E-state index contributed by atoms with van der Waals surface area (Å²) in [6, 6.07) is 7.23. The fourth-order valence-corrected chi connectivity index (χ4v) is 2.97. The Morgan fingerprint density at radius 2 is 1.82 bits per heavy atom. The van der Waals surface area contributed by atoms with Gasteiger partial charge >= 0.3 is 0 Å². The predicted octanol–water partition coefficient (Wildman–Crippen LogP) is 3.52. The van der Waals surface area contributed by atoms with Gasteiger partial charge in [-0.3, -0.25) is 0 Å². The van der Waals surface area contributed by atoms with E-state index in [9.17, 15) is 4.39 Å². The molecule has 0 saturated carbocycles. The highest BCUT2D eigenvalue weighted by molar-refractivity contribution is 5.25. The molecule has 2 rings (SSSR count). The molecular weight excluding hydrogens is 213 g/mol. The first-order valence-electron chi connectivity index (χ1n) is 6.32. The van der Waals surface area contributed by atoms with Crippen LogP contribution in [0.5, 0.6) is 0 Å². The second-order valence-corrected chi connectivity index (χ2v) is 6.32. The lowest BCUT2D eigenvalue weighted by Gasteiger charge is -2.32. The second kappa shape index (κ2) is 4.41. The van der Waals surface area contributed by atoms with Crippen LogP contribution >= 0.6 is 0 Å². The van der Waals surface area contributed by atoms with Crippen molar-refractivity contribution in [2.45, 2.75) is 26.7 Å². The van der Waals surface area contributed by atoms with Gasteiger partial charge in [0.05, 0.1) is 0 Å². The zero-order chi connectivity index (χ0) is 12.6. The summed E-state index contributed by atoms with van der Waals surface area (Å²) in [7, 11) is 2.12. The van der Waals surface area contributed by atoms with Gasteiger partial charge in [-0.1, -0.05) is 39.0 Å². The Labute approximate surface area is 104 Å². The van der Waals surface area contributed by atoms with Crippen LogP contribution in [-0.2, 0) is 0 Å². The molecule has 1 aromatic carbocycles. The molecule has 0 N–H and O–H groups in total. The van der Waals surface area contributed by atoms with Crippen LogP contribution in [0.2, 0.25) is 0 Å². The summed E-state index contributed by atoms with van der Waals surface area (Å²) < 4.78 is 13.9. The number of benzene rings is 1. The van der Waals surface area contributed by atoms with E-state index < -0.39 is 0 Å². The van der Waals surface area contributed by atoms with Crippen LogP contribution in [0.4, 0.5) is 4.39 Å². The van der Waals surface area contributed by atoms with Crippen LogP contribution in [0.3, 0.4) is 0 Å². The molecular formula is C15H22FN. The SMILES string of the molecule is CN1C[C@@H](C(C)(C)C)[C@H](c2ccccc2F)C1. The van der Waals surface area contributed by atoms with Gasteiger partial charge in [0.25, 0.3) is 0 Å². The predicted molar refractivity (Wildman–Crippen MR) is 69.6 cm³/mol. The first-order valence-corrected chi connectivity index (χ1v) is 6.32. The van der Waals surface area contributed by atoms with E-state index in [1.165, 1.54) is 0 Å². The lowest BCUT2D eigenvalue weighted by atomic mass is 9.72. The average Bonchev–Trinajstić information content (AvgIpc) is 2.60. The highest BCUT2D eigenvalue weighted by Crippen LogP contribution is 2.43. The van der Waals surface area contributed by atoms with E-state index in [0.29, 0.717) is 11.8 Å². The van der Waals surface area contributed by atoms with Crippen molar-refractivity contribution in [3.05, 3.63) is 35.6 Å². The fraction of sp³-hybridized carbons (Fsp3) is 0.600. The Morgan fingerprint density at radius 1 is 1.18 bits per heavy atom. The quantitative estimate of drug-likeness (QED) is 0.720. The zero-order valence-electron chi connectivity index (χ0n) is 11.2. The zero-order valence-corrected chi connectivity index (χ0v) is 11.2. The van der Waals surface area contributed by atoms with Crippen molar-refractivity contribution in [3.8, 4) is 0 Å². The third-order valence-electron chi connectivity index (χ3n) is 3.92. The van der Waals surface area contributed by atoms with Gasteiger partial charge in [-0.2, -0.15) is 0 Å². The van der Waals surface area contributed by atoms with E-state index >= 15 is 0 Å². The summed E-state index contributed by atoms with van der Waals surface area (Å²) in [5.41, 5.74) is 1.11. The van der Waals surface area contributed by atoms with Gasteiger partial charge in [-0.15, -0.1) is 0 Å². The molecule has 0 aliphatic carbocycles. The van der Waals surface area contributed by atoms with E-state index in [1.807, 2.05) is 12.1 Å². The molecule has 1 aliphatic rings. The minimum Gasteiger partial charge on any atom is -0.305 e. The van der Waals surface area contributed by atoms with Gasteiger partial charge in [0.2, 0.25) is 0 Å². The summed E-state index contributed by atoms with van der Waals surface area (Å²) in [6.45, 7) is 8.78. The Bertz CT molecular complexity index is 394. The van der Waals surface area contributed by atoms with E-state index in [4.69, 9.17) is 0 Å². The first kappa shape index (κ1) is 12.6. The number of rotatable bonds is 1. The number of hydrogen-bond donors (Lipinski definition) is 0. The maximum absolute atomic E-state index is 13.9. The van der Waals surface area contributed by atoms with Crippen molar-refractivity contribution >= 4 is 0 Å².